The number of aromatic nitrogens is 1. The van der Waals surface area contributed by atoms with Crippen LogP contribution in [0.25, 0.3) is 0 Å². The Labute approximate surface area is 131 Å². The van der Waals surface area contributed by atoms with Crippen molar-refractivity contribution in [2.75, 3.05) is 18.1 Å². The van der Waals surface area contributed by atoms with Gasteiger partial charge in [-0.05, 0) is 37.7 Å². The van der Waals surface area contributed by atoms with E-state index >= 15 is 0 Å². The zero-order valence-corrected chi connectivity index (χ0v) is 14.1. The third-order valence-electron chi connectivity index (χ3n) is 3.66. The molecule has 1 aromatic rings. The molecule has 2 atom stereocenters. The van der Waals surface area contributed by atoms with Gasteiger partial charge in [0.25, 0.3) is 0 Å². The second-order valence-electron chi connectivity index (χ2n) is 5.24. The number of thioether (sulfide) groups is 1. The number of anilines is 1. The Morgan fingerprint density at radius 3 is 2.81 bits per heavy atom. The van der Waals surface area contributed by atoms with Crippen LogP contribution in [0.5, 0.6) is 0 Å². The van der Waals surface area contributed by atoms with Crippen molar-refractivity contribution in [3.8, 4) is 0 Å². The lowest BCUT2D eigenvalue weighted by Gasteiger charge is -2.19. The molecular formula is C14H23N3O2S2. The van der Waals surface area contributed by atoms with Gasteiger partial charge in [0.15, 0.2) is 0 Å². The topological polar surface area (TPSA) is 71.1 Å². The van der Waals surface area contributed by atoms with Gasteiger partial charge in [-0.2, -0.15) is 11.8 Å². The SMILES string of the molecule is CCCNc1ccc(S(=O)(=O)NC2CCCC2SC)cn1. The fourth-order valence-corrected chi connectivity index (χ4v) is 4.78. The van der Waals surface area contributed by atoms with Crippen LogP contribution >= 0.6 is 11.8 Å². The van der Waals surface area contributed by atoms with Crippen molar-refractivity contribution in [3.05, 3.63) is 18.3 Å². The van der Waals surface area contributed by atoms with Crippen LogP contribution in [0.3, 0.4) is 0 Å². The minimum atomic E-state index is -3.48. The average molecular weight is 329 g/mol. The summed E-state index contributed by atoms with van der Waals surface area (Å²) >= 11 is 1.74. The van der Waals surface area contributed by atoms with E-state index in [-0.39, 0.29) is 10.9 Å². The van der Waals surface area contributed by atoms with Gasteiger partial charge < -0.3 is 5.32 Å². The molecule has 5 nitrogen and oxygen atoms in total. The largest absolute Gasteiger partial charge is 0.370 e. The quantitative estimate of drug-likeness (QED) is 0.804. The Hall–Kier alpha value is -0.790. The standard InChI is InChI=1S/C14H23N3O2S2/c1-3-9-15-14-8-7-11(10-16-14)21(18,19)17-12-5-4-6-13(12)20-2/h7-8,10,12-13,17H,3-6,9H2,1-2H3,(H,15,16). The van der Waals surface area contributed by atoms with Gasteiger partial charge in [0.05, 0.1) is 0 Å². The third-order valence-corrected chi connectivity index (χ3v) is 6.31. The monoisotopic (exact) mass is 329 g/mol. The predicted molar refractivity (Wildman–Crippen MR) is 88.3 cm³/mol. The minimum Gasteiger partial charge on any atom is -0.370 e. The molecule has 0 radical (unpaired) electrons. The molecule has 2 N–H and O–H groups in total. The van der Waals surface area contributed by atoms with Crippen LogP contribution in [0.15, 0.2) is 23.2 Å². The first-order valence-corrected chi connectivity index (χ1v) is 10.1. The number of nitrogens with zero attached hydrogens (tertiary/aromatic N) is 1. The smallest absolute Gasteiger partial charge is 0.242 e. The molecule has 7 heteroatoms. The maximum absolute atomic E-state index is 12.4. The number of pyridine rings is 1. The van der Waals surface area contributed by atoms with Crippen molar-refractivity contribution in [2.45, 2.75) is 48.8 Å². The summed E-state index contributed by atoms with van der Waals surface area (Å²) < 4.78 is 27.6. The summed E-state index contributed by atoms with van der Waals surface area (Å²) in [5, 5.41) is 3.51. The summed E-state index contributed by atoms with van der Waals surface area (Å²) in [7, 11) is -3.48. The Bertz CT molecular complexity index is 546. The van der Waals surface area contributed by atoms with Gasteiger partial charge in [0.1, 0.15) is 10.7 Å². The first-order chi connectivity index (χ1) is 10.1. The van der Waals surface area contributed by atoms with Crippen LogP contribution in [0.2, 0.25) is 0 Å². The molecule has 1 aliphatic carbocycles. The van der Waals surface area contributed by atoms with Crippen LogP contribution in [0.1, 0.15) is 32.6 Å². The van der Waals surface area contributed by atoms with E-state index in [0.717, 1.165) is 32.2 Å². The highest BCUT2D eigenvalue weighted by Gasteiger charge is 2.30. The van der Waals surface area contributed by atoms with Crippen molar-refractivity contribution in [1.82, 2.24) is 9.71 Å². The molecule has 118 valence electrons. The van der Waals surface area contributed by atoms with Crippen molar-refractivity contribution in [2.24, 2.45) is 0 Å². The van der Waals surface area contributed by atoms with E-state index in [0.29, 0.717) is 11.1 Å². The molecule has 0 amide bonds. The fraction of sp³-hybridized carbons (Fsp3) is 0.643. The Morgan fingerprint density at radius 2 is 2.19 bits per heavy atom. The summed E-state index contributed by atoms with van der Waals surface area (Å²) in [5.74, 6) is 0.707. The second kappa shape index (κ2) is 7.47. The molecule has 1 aromatic heterocycles. The molecule has 0 bridgehead atoms. The number of rotatable bonds is 7. The van der Waals surface area contributed by atoms with Gasteiger partial charge in [0, 0.05) is 24.0 Å². The highest BCUT2D eigenvalue weighted by atomic mass is 32.2. The van der Waals surface area contributed by atoms with E-state index in [1.54, 1.807) is 23.9 Å². The maximum atomic E-state index is 12.4. The van der Waals surface area contributed by atoms with E-state index in [2.05, 4.69) is 21.9 Å². The van der Waals surface area contributed by atoms with Crippen LogP contribution < -0.4 is 10.0 Å². The van der Waals surface area contributed by atoms with Crippen molar-refractivity contribution >= 4 is 27.6 Å². The Kier molecular flexibility index (Phi) is 5.89. The highest BCUT2D eigenvalue weighted by molar-refractivity contribution is 7.99. The lowest BCUT2D eigenvalue weighted by atomic mass is 10.3. The molecule has 2 unspecified atom stereocenters. The van der Waals surface area contributed by atoms with Gasteiger partial charge in [-0.1, -0.05) is 13.3 Å². The molecule has 1 fully saturated rings. The molecule has 2 rings (SSSR count). The minimum absolute atomic E-state index is 0.0305. The zero-order valence-electron chi connectivity index (χ0n) is 12.5. The molecular weight excluding hydrogens is 306 g/mol. The van der Waals surface area contributed by atoms with E-state index in [4.69, 9.17) is 0 Å². The Morgan fingerprint density at radius 1 is 1.38 bits per heavy atom. The molecule has 0 aliphatic heterocycles. The number of hydrogen-bond acceptors (Lipinski definition) is 5. The lowest BCUT2D eigenvalue weighted by molar-refractivity contribution is 0.555. The van der Waals surface area contributed by atoms with Gasteiger partial charge in [-0.3, -0.25) is 0 Å². The first kappa shape index (κ1) is 16.6. The molecule has 0 saturated heterocycles. The van der Waals surface area contributed by atoms with E-state index in [1.807, 2.05) is 6.26 Å². The van der Waals surface area contributed by atoms with Crippen LogP contribution in [-0.2, 0) is 10.0 Å². The van der Waals surface area contributed by atoms with Gasteiger partial charge in [-0.25, -0.2) is 18.1 Å². The summed E-state index contributed by atoms with van der Waals surface area (Å²) in [6.45, 7) is 2.90. The second-order valence-corrected chi connectivity index (χ2v) is 8.03. The summed E-state index contributed by atoms with van der Waals surface area (Å²) in [5.41, 5.74) is 0. The summed E-state index contributed by atoms with van der Waals surface area (Å²) in [4.78, 5) is 4.39. The number of nitrogens with one attached hydrogen (secondary N) is 2. The Balaban J connectivity index is 2.05. The van der Waals surface area contributed by atoms with Crippen LogP contribution in [0.4, 0.5) is 5.82 Å². The normalized spacial score (nSPS) is 22.4. The lowest BCUT2D eigenvalue weighted by Crippen LogP contribution is -2.38. The molecule has 21 heavy (non-hydrogen) atoms. The zero-order chi connectivity index (χ0) is 15.3. The van der Waals surface area contributed by atoms with E-state index in [9.17, 15) is 8.42 Å². The fourth-order valence-electron chi connectivity index (χ4n) is 2.51. The molecule has 0 spiro atoms. The third kappa shape index (κ3) is 4.34. The molecule has 1 aliphatic rings. The van der Waals surface area contributed by atoms with Gasteiger partial charge in [-0.15, -0.1) is 0 Å². The van der Waals surface area contributed by atoms with E-state index in [1.165, 1.54) is 6.20 Å². The first-order valence-electron chi connectivity index (χ1n) is 7.32. The molecule has 1 saturated carbocycles. The summed E-state index contributed by atoms with van der Waals surface area (Å²) in [6, 6.07) is 3.35. The highest BCUT2D eigenvalue weighted by Crippen LogP contribution is 2.29. The van der Waals surface area contributed by atoms with Gasteiger partial charge in [0.2, 0.25) is 10.0 Å². The number of hydrogen-bond donors (Lipinski definition) is 2. The summed E-state index contributed by atoms with van der Waals surface area (Å²) in [6.07, 6.45) is 7.52. The van der Waals surface area contributed by atoms with E-state index < -0.39 is 10.0 Å². The van der Waals surface area contributed by atoms with Crippen LogP contribution in [-0.4, -0.2) is 37.5 Å². The average Bonchev–Trinajstić information content (AvgIpc) is 2.92. The predicted octanol–water partition coefficient (Wildman–Crippen LogP) is 2.47. The van der Waals surface area contributed by atoms with Gasteiger partial charge >= 0.3 is 0 Å². The van der Waals surface area contributed by atoms with Crippen molar-refractivity contribution in [1.29, 1.82) is 0 Å². The van der Waals surface area contributed by atoms with Crippen LogP contribution in [0, 0.1) is 0 Å². The number of sulfonamides is 1. The molecule has 1 heterocycles. The molecule has 0 aromatic carbocycles. The van der Waals surface area contributed by atoms with Crippen molar-refractivity contribution < 1.29 is 8.42 Å². The maximum Gasteiger partial charge on any atom is 0.242 e. The van der Waals surface area contributed by atoms with Crippen molar-refractivity contribution in [3.63, 3.8) is 0 Å².